The number of halogens is 1. The Morgan fingerprint density at radius 1 is 1.25 bits per heavy atom. The van der Waals surface area contributed by atoms with Gasteiger partial charge in [-0.15, -0.1) is 24.0 Å². The lowest BCUT2D eigenvalue weighted by Crippen LogP contribution is -2.43. The Hall–Kier alpha value is -0.0800. The van der Waals surface area contributed by atoms with Crippen LogP contribution in [0.5, 0.6) is 0 Å². The van der Waals surface area contributed by atoms with Gasteiger partial charge in [-0.05, 0) is 51.6 Å². The predicted molar refractivity (Wildman–Crippen MR) is 112 cm³/mol. The monoisotopic (exact) mass is 452 g/mol. The Labute approximate surface area is 165 Å². The van der Waals surface area contributed by atoms with Crippen LogP contribution < -0.4 is 5.32 Å². The summed E-state index contributed by atoms with van der Waals surface area (Å²) in [5.74, 6) is 1.62. The maximum Gasteiger partial charge on any atom is 0.193 e. The molecule has 0 aromatic heterocycles. The number of guanidine groups is 1. The molecule has 2 unspecified atom stereocenters. The van der Waals surface area contributed by atoms with E-state index in [0.29, 0.717) is 12.0 Å². The molecule has 2 aliphatic heterocycles. The molecule has 2 heterocycles. The third-order valence-corrected chi connectivity index (χ3v) is 5.17. The Balaban J connectivity index is 0.00000288. The van der Waals surface area contributed by atoms with Crippen molar-refractivity contribution in [2.24, 2.45) is 10.9 Å². The lowest BCUT2D eigenvalue weighted by atomic mass is 10.0. The van der Waals surface area contributed by atoms with Crippen LogP contribution >= 0.6 is 24.0 Å². The zero-order valence-electron chi connectivity index (χ0n) is 16.0. The number of nitrogens with zero attached hydrogens (tertiary/aromatic N) is 3. The third-order valence-electron chi connectivity index (χ3n) is 5.17. The summed E-state index contributed by atoms with van der Waals surface area (Å²) in [7, 11) is 1.90. The molecule has 24 heavy (non-hydrogen) atoms. The van der Waals surface area contributed by atoms with E-state index in [9.17, 15) is 0 Å². The lowest BCUT2D eigenvalue weighted by molar-refractivity contribution is 0.0257. The second-order valence-corrected chi connectivity index (χ2v) is 7.13. The van der Waals surface area contributed by atoms with Gasteiger partial charge in [-0.25, -0.2) is 0 Å². The number of aliphatic imine (C=N–C) groups is 1. The van der Waals surface area contributed by atoms with E-state index < -0.39 is 0 Å². The lowest BCUT2D eigenvalue weighted by Gasteiger charge is -2.26. The Bertz CT molecular complexity index is 372. The summed E-state index contributed by atoms with van der Waals surface area (Å²) in [5.41, 5.74) is 0. The average molecular weight is 452 g/mol. The largest absolute Gasteiger partial charge is 0.378 e. The van der Waals surface area contributed by atoms with Gasteiger partial charge in [0, 0.05) is 39.3 Å². The first kappa shape index (κ1) is 22.0. The van der Waals surface area contributed by atoms with Crippen LogP contribution in [0.25, 0.3) is 0 Å². The summed E-state index contributed by atoms with van der Waals surface area (Å²) in [6.07, 6.45) is 5.39. The minimum Gasteiger partial charge on any atom is -0.378 e. The molecule has 2 rings (SSSR count). The van der Waals surface area contributed by atoms with Gasteiger partial charge < -0.3 is 15.0 Å². The number of nitrogens with one attached hydrogen (secondary N) is 1. The quantitative estimate of drug-likeness (QED) is 0.367. The fourth-order valence-corrected chi connectivity index (χ4v) is 3.82. The van der Waals surface area contributed by atoms with Crippen LogP contribution in [0.1, 0.15) is 46.5 Å². The average Bonchev–Trinajstić information content (AvgIpc) is 3.20. The molecule has 6 heteroatoms. The molecule has 2 fully saturated rings. The fourth-order valence-electron chi connectivity index (χ4n) is 3.82. The van der Waals surface area contributed by atoms with Crippen LogP contribution in [0.3, 0.4) is 0 Å². The van der Waals surface area contributed by atoms with Crippen molar-refractivity contribution < 1.29 is 4.74 Å². The molecule has 1 N–H and O–H groups in total. The van der Waals surface area contributed by atoms with E-state index in [1.54, 1.807) is 0 Å². The van der Waals surface area contributed by atoms with Crippen molar-refractivity contribution in [2.45, 2.75) is 58.6 Å². The van der Waals surface area contributed by atoms with Gasteiger partial charge >= 0.3 is 0 Å². The van der Waals surface area contributed by atoms with Crippen molar-refractivity contribution in [3.63, 3.8) is 0 Å². The summed E-state index contributed by atoms with van der Waals surface area (Å²) in [6, 6.07) is 0.725. The number of hydrogen-bond acceptors (Lipinski definition) is 3. The van der Waals surface area contributed by atoms with E-state index in [-0.39, 0.29) is 24.0 Å². The normalized spacial score (nSPS) is 23.6. The molecule has 5 nitrogen and oxygen atoms in total. The zero-order valence-corrected chi connectivity index (χ0v) is 18.3. The summed E-state index contributed by atoms with van der Waals surface area (Å²) < 4.78 is 5.83. The Morgan fingerprint density at radius 2 is 1.96 bits per heavy atom. The smallest absolute Gasteiger partial charge is 0.193 e. The predicted octanol–water partition coefficient (Wildman–Crippen LogP) is 2.80. The molecule has 0 saturated carbocycles. The first-order valence-electron chi connectivity index (χ1n) is 9.47. The molecular weight excluding hydrogens is 415 g/mol. The summed E-state index contributed by atoms with van der Waals surface area (Å²) in [5, 5.41) is 3.54. The van der Waals surface area contributed by atoms with Gasteiger partial charge in [-0.1, -0.05) is 13.8 Å². The van der Waals surface area contributed by atoms with Gasteiger partial charge in [-0.2, -0.15) is 0 Å². The second-order valence-electron chi connectivity index (χ2n) is 7.13. The number of likely N-dealkylation sites (tertiary alicyclic amines) is 2. The minimum absolute atomic E-state index is 0. The maximum absolute atomic E-state index is 5.83. The van der Waals surface area contributed by atoms with Crippen molar-refractivity contribution in [3.05, 3.63) is 0 Å². The van der Waals surface area contributed by atoms with Gasteiger partial charge in [-0.3, -0.25) is 9.89 Å². The van der Waals surface area contributed by atoms with Crippen molar-refractivity contribution in [1.29, 1.82) is 0 Å². The molecule has 0 radical (unpaired) electrons. The number of hydrogen-bond donors (Lipinski definition) is 1. The summed E-state index contributed by atoms with van der Waals surface area (Å²) >= 11 is 0. The third kappa shape index (κ3) is 6.33. The zero-order chi connectivity index (χ0) is 16.7. The van der Waals surface area contributed by atoms with Gasteiger partial charge in [0.05, 0.1) is 6.10 Å². The fraction of sp³-hybridized carbons (Fsp3) is 0.944. The van der Waals surface area contributed by atoms with E-state index in [2.05, 4.69) is 40.9 Å². The molecular formula is C18H37IN4O. The van der Waals surface area contributed by atoms with Gasteiger partial charge in [0.15, 0.2) is 5.96 Å². The van der Waals surface area contributed by atoms with Crippen molar-refractivity contribution >= 4 is 29.9 Å². The topological polar surface area (TPSA) is 40.1 Å². The second kappa shape index (κ2) is 11.5. The van der Waals surface area contributed by atoms with Crippen molar-refractivity contribution in [1.82, 2.24) is 15.1 Å². The molecule has 0 aromatic carbocycles. The van der Waals surface area contributed by atoms with Crippen LogP contribution in [0.4, 0.5) is 0 Å². The van der Waals surface area contributed by atoms with Crippen LogP contribution in [0.2, 0.25) is 0 Å². The van der Waals surface area contributed by atoms with Gasteiger partial charge in [0.2, 0.25) is 0 Å². The highest BCUT2D eigenvalue weighted by molar-refractivity contribution is 14.0. The maximum atomic E-state index is 5.83. The number of ether oxygens (including phenoxy) is 1. The van der Waals surface area contributed by atoms with Crippen LogP contribution in [-0.4, -0.2) is 74.3 Å². The first-order valence-corrected chi connectivity index (χ1v) is 9.47. The van der Waals surface area contributed by atoms with E-state index in [1.807, 2.05) is 7.05 Å². The highest BCUT2D eigenvalue weighted by Crippen LogP contribution is 2.20. The van der Waals surface area contributed by atoms with Crippen molar-refractivity contribution in [3.8, 4) is 0 Å². The highest BCUT2D eigenvalue weighted by atomic mass is 127. The van der Waals surface area contributed by atoms with E-state index in [0.717, 1.165) is 44.7 Å². The van der Waals surface area contributed by atoms with Crippen LogP contribution in [0.15, 0.2) is 4.99 Å². The molecule has 0 bridgehead atoms. The molecule has 0 amide bonds. The van der Waals surface area contributed by atoms with E-state index in [4.69, 9.17) is 4.74 Å². The van der Waals surface area contributed by atoms with E-state index >= 15 is 0 Å². The summed E-state index contributed by atoms with van der Waals surface area (Å²) in [6.45, 7) is 13.1. The molecule has 0 aromatic rings. The molecule has 0 aliphatic carbocycles. The molecule has 0 spiro atoms. The minimum atomic E-state index is 0. The summed E-state index contributed by atoms with van der Waals surface area (Å²) in [4.78, 5) is 9.58. The Morgan fingerprint density at radius 3 is 2.54 bits per heavy atom. The first-order chi connectivity index (χ1) is 11.2. The SMILES string of the molecule is CCOC(CCNC(=NC)N1CCC(N2CCCC2)C1)C(C)C.I. The molecule has 2 atom stereocenters. The highest BCUT2D eigenvalue weighted by Gasteiger charge is 2.30. The van der Waals surface area contributed by atoms with Crippen LogP contribution in [0, 0.1) is 5.92 Å². The van der Waals surface area contributed by atoms with Crippen LogP contribution in [-0.2, 0) is 4.74 Å². The van der Waals surface area contributed by atoms with E-state index in [1.165, 1.54) is 32.4 Å². The molecule has 2 saturated heterocycles. The van der Waals surface area contributed by atoms with Gasteiger partial charge in [0.1, 0.15) is 0 Å². The standard InChI is InChI=1S/C18H36N4O.HI/c1-5-23-17(15(2)3)8-10-20-18(19-4)22-13-9-16(14-22)21-11-6-7-12-21;/h15-17H,5-14H2,1-4H3,(H,19,20);1H. The molecule has 2 aliphatic rings. The number of rotatable bonds is 7. The molecule has 142 valence electrons. The van der Waals surface area contributed by atoms with Crippen molar-refractivity contribution in [2.75, 3.05) is 46.4 Å². The van der Waals surface area contributed by atoms with Gasteiger partial charge in [0.25, 0.3) is 0 Å². The Kier molecular flexibility index (Phi) is 10.5.